The average Bonchev–Trinajstić information content (AvgIpc) is 2.17. The number of hydrogen-bond donors (Lipinski definition) is 1. The maximum atomic E-state index is 10.9. The largest absolute Gasteiger partial charge is 0.478 e. The van der Waals surface area contributed by atoms with Gasteiger partial charge in [-0.1, -0.05) is 35.9 Å². The molecule has 0 amide bonds. The molecule has 0 heterocycles. The molecule has 0 aliphatic carbocycles. The van der Waals surface area contributed by atoms with Gasteiger partial charge in [-0.2, -0.15) is 0 Å². The van der Waals surface area contributed by atoms with Crippen LogP contribution in [-0.2, 0) is 0 Å². The Hall–Kier alpha value is -0.618. The Balaban J connectivity index is 0.00000112. The molecule has 0 aromatic heterocycles. The fourth-order valence-corrected chi connectivity index (χ4v) is 1.70. The van der Waals surface area contributed by atoms with E-state index in [9.17, 15) is 4.79 Å². The molecule has 2 rings (SSSR count). The van der Waals surface area contributed by atoms with Crippen LogP contribution in [0.1, 0.15) is 10.4 Å². The standard InChI is InChI=1S/C11H7ClO2.Tl/c12-10-6-2-3-7-8(10)4-1-5-9(7)11(13)14;/h1-6H,(H,13,14);. The van der Waals surface area contributed by atoms with Gasteiger partial charge in [0.15, 0.2) is 0 Å². The smallest absolute Gasteiger partial charge is 0.336 e. The number of carboxylic acids is 1. The van der Waals surface area contributed by atoms with Gasteiger partial charge in [0.2, 0.25) is 0 Å². The number of hydrogen-bond acceptors (Lipinski definition) is 1. The van der Waals surface area contributed by atoms with Crippen LogP contribution in [-0.4, -0.2) is 38.4 Å². The molecule has 0 spiro atoms. The van der Waals surface area contributed by atoms with Gasteiger partial charge >= 0.3 is 5.97 Å². The predicted molar refractivity (Wildman–Crippen MR) is 61.7 cm³/mol. The average molecular weight is 411 g/mol. The van der Waals surface area contributed by atoms with Gasteiger partial charge in [0.25, 0.3) is 0 Å². The zero-order valence-corrected chi connectivity index (χ0v) is 13.0. The fourth-order valence-electron chi connectivity index (χ4n) is 1.46. The third kappa shape index (κ3) is 2.31. The molecule has 0 saturated carbocycles. The van der Waals surface area contributed by atoms with Crippen LogP contribution in [0.4, 0.5) is 0 Å². The van der Waals surface area contributed by atoms with E-state index >= 15 is 0 Å². The van der Waals surface area contributed by atoms with Gasteiger partial charge in [-0.3, -0.25) is 0 Å². The second-order valence-electron chi connectivity index (χ2n) is 2.95. The first-order valence-electron chi connectivity index (χ1n) is 4.10. The monoisotopic (exact) mass is 411 g/mol. The van der Waals surface area contributed by atoms with E-state index in [1.807, 2.05) is 6.07 Å². The van der Waals surface area contributed by atoms with Gasteiger partial charge in [-0.25, -0.2) is 4.79 Å². The molecule has 0 saturated heterocycles. The number of benzene rings is 2. The molecule has 15 heavy (non-hydrogen) atoms. The maximum absolute atomic E-state index is 10.9. The van der Waals surface area contributed by atoms with Crippen molar-refractivity contribution >= 4 is 55.6 Å². The maximum Gasteiger partial charge on any atom is 0.336 e. The van der Waals surface area contributed by atoms with E-state index in [1.165, 1.54) is 0 Å². The summed E-state index contributed by atoms with van der Waals surface area (Å²) in [7, 11) is 0. The second kappa shape index (κ2) is 4.94. The first kappa shape index (κ1) is 12.5. The minimum atomic E-state index is -0.933. The summed E-state index contributed by atoms with van der Waals surface area (Å²) in [6.45, 7) is 0. The van der Waals surface area contributed by atoms with E-state index in [1.54, 1.807) is 30.3 Å². The molecule has 0 unspecified atom stereocenters. The van der Waals surface area contributed by atoms with E-state index in [0.29, 0.717) is 10.4 Å². The van der Waals surface area contributed by atoms with Crippen LogP contribution in [0.2, 0.25) is 5.02 Å². The molecular weight excluding hydrogens is 404 g/mol. The Kier molecular flexibility index (Phi) is 4.10. The van der Waals surface area contributed by atoms with Crippen LogP contribution in [0.5, 0.6) is 0 Å². The van der Waals surface area contributed by atoms with Crippen LogP contribution in [0.15, 0.2) is 36.4 Å². The van der Waals surface area contributed by atoms with Crippen molar-refractivity contribution in [2.45, 2.75) is 0 Å². The zero-order valence-electron chi connectivity index (χ0n) is 7.77. The van der Waals surface area contributed by atoms with Crippen molar-refractivity contribution in [2.75, 3.05) is 0 Å². The van der Waals surface area contributed by atoms with Crippen LogP contribution in [0.25, 0.3) is 10.8 Å². The minimum absolute atomic E-state index is 0. The molecule has 0 aliphatic rings. The number of rotatable bonds is 1. The summed E-state index contributed by atoms with van der Waals surface area (Å²) in [6.07, 6.45) is 0. The van der Waals surface area contributed by atoms with Crippen molar-refractivity contribution in [2.24, 2.45) is 0 Å². The number of carboxylic acid groups (broad SMARTS) is 1. The molecule has 2 nitrogen and oxygen atoms in total. The molecule has 0 aliphatic heterocycles. The Bertz CT molecular complexity index is 511. The first-order chi connectivity index (χ1) is 6.70. The van der Waals surface area contributed by atoms with E-state index < -0.39 is 5.97 Å². The topological polar surface area (TPSA) is 37.3 Å². The third-order valence-electron chi connectivity index (χ3n) is 2.10. The summed E-state index contributed by atoms with van der Waals surface area (Å²) in [5.41, 5.74) is 0.282. The Labute approximate surface area is 112 Å². The Morgan fingerprint density at radius 1 is 1.07 bits per heavy atom. The van der Waals surface area contributed by atoms with Gasteiger partial charge < -0.3 is 5.11 Å². The van der Waals surface area contributed by atoms with E-state index in [0.717, 1.165) is 5.39 Å². The molecule has 1 N–H and O–H groups in total. The van der Waals surface area contributed by atoms with E-state index in [4.69, 9.17) is 16.7 Å². The van der Waals surface area contributed by atoms with Crippen LogP contribution < -0.4 is 0 Å². The van der Waals surface area contributed by atoms with Gasteiger partial charge in [-0.05, 0) is 17.5 Å². The Morgan fingerprint density at radius 2 is 1.67 bits per heavy atom. The number of halogens is 1. The molecule has 0 fully saturated rings. The van der Waals surface area contributed by atoms with Crippen molar-refractivity contribution in [3.05, 3.63) is 47.0 Å². The van der Waals surface area contributed by atoms with Crippen molar-refractivity contribution in [1.29, 1.82) is 0 Å². The van der Waals surface area contributed by atoms with Crippen LogP contribution >= 0.6 is 11.6 Å². The number of fused-ring (bicyclic) bond motifs is 1. The minimum Gasteiger partial charge on any atom is -0.478 e. The molecule has 2 aromatic rings. The normalized spacial score (nSPS) is 9.67. The second-order valence-corrected chi connectivity index (χ2v) is 3.35. The molecule has 1 radical (unpaired) electrons. The van der Waals surface area contributed by atoms with Crippen molar-refractivity contribution < 1.29 is 9.90 Å². The van der Waals surface area contributed by atoms with Gasteiger partial charge in [0.05, 0.1) is 5.56 Å². The van der Waals surface area contributed by atoms with E-state index in [-0.39, 0.29) is 32.9 Å². The van der Waals surface area contributed by atoms with E-state index in [2.05, 4.69) is 0 Å². The molecule has 2 aromatic carbocycles. The Morgan fingerprint density at radius 3 is 2.33 bits per heavy atom. The summed E-state index contributed by atoms with van der Waals surface area (Å²) in [4.78, 5) is 10.9. The summed E-state index contributed by atoms with van der Waals surface area (Å²) in [5, 5.41) is 11.0. The van der Waals surface area contributed by atoms with Crippen molar-refractivity contribution in [1.82, 2.24) is 0 Å². The van der Waals surface area contributed by atoms with Crippen molar-refractivity contribution in [3.63, 3.8) is 0 Å². The molecule has 4 heteroatoms. The summed E-state index contributed by atoms with van der Waals surface area (Å²) >= 11 is 5.94. The summed E-state index contributed by atoms with van der Waals surface area (Å²) in [5.74, 6) is -0.933. The number of aromatic carboxylic acids is 1. The van der Waals surface area contributed by atoms with Crippen molar-refractivity contribution in [3.8, 4) is 0 Å². The SMILES string of the molecule is O=C(O)c1cccc2c(Cl)cccc12.[Tl]. The molecule has 0 bridgehead atoms. The molecular formula is C11H7ClO2Tl. The molecule has 0 atom stereocenters. The fraction of sp³-hybridized carbons (Fsp3) is 0. The third-order valence-corrected chi connectivity index (χ3v) is 2.43. The van der Waals surface area contributed by atoms with Crippen LogP contribution in [0.3, 0.4) is 0 Å². The summed E-state index contributed by atoms with van der Waals surface area (Å²) < 4.78 is 0. The van der Waals surface area contributed by atoms with Crippen LogP contribution in [0, 0.1) is 0 Å². The zero-order chi connectivity index (χ0) is 10.1. The quantitative estimate of drug-likeness (QED) is 0.734. The first-order valence-corrected chi connectivity index (χ1v) is 4.48. The van der Waals surface area contributed by atoms with Gasteiger partial charge in [0, 0.05) is 37.7 Å². The van der Waals surface area contributed by atoms with Gasteiger partial charge in [0.1, 0.15) is 0 Å². The van der Waals surface area contributed by atoms with Gasteiger partial charge in [-0.15, -0.1) is 0 Å². The summed E-state index contributed by atoms with van der Waals surface area (Å²) in [6, 6.07) is 10.3. The molecule has 73 valence electrons. The number of carbonyl (C=O) groups is 1. The predicted octanol–water partition coefficient (Wildman–Crippen LogP) is 2.81.